The van der Waals surface area contributed by atoms with Gasteiger partial charge in [0, 0.05) is 30.8 Å². The van der Waals surface area contributed by atoms with E-state index < -0.39 is 0 Å². The number of aryl methyl sites for hydroxylation is 1. The molecule has 1 aliphatic rings. The molecule has 140 valence electrons. The summed E-state index contributed by atoms with van der Waals surface area (Å²) in [5, 5.41) is 3.03. The van der Waals surface area contributed by atoms with Crippen molar-refractivity contribution in [3.63, 3.8) is 0 Å². The maximum absolute atomic E-state index is 12.6. The van der Waals surface area contributed by atoms with Crippen LogP contribution < -0.4 is 5.32 Å². The number of hydrogen-bond donors (Lipinski definition) is 1. The molecule has 5 rings (SSSR count). The van der Waals surface area contributed by atoms with Crippen LogP contribution in [0.3, 0.4) is 0 Å². The van der Waals surface area contributed by atoms with E-state index in [0.717, 1.165) is 35.4 Å². The smallest absolute Gasteiger partial charge is 0.272 e. The van der Waals surface area contributed by atoms with E-state index in [-0.39, 0.29) is 11.9 Å². The van der Waals surface area contributed by atoms with Gasteiger partial charge in [0.2, 0.25) is 0 Å². The van der Waals surface area contributed by atoms with Crippen LogP contribution in [0.4, 0.5) is 0 Å². The molecule has 1 fully saturated rings. The lowest BCUT2D eigenvalue weighted by Gasteiger charge is -2.03. The summed E-state index contributed by atoms with van der Waals surface area (Å²) in [6.45, 7) is 2.65. The molecule has 1 N–H and O–H groups in total. The number of imidazole rings is 2. The molecule has 4 aromatic rings. The Kier molecular flexibility index (Phi) is 3.93. The molecule has 0 aromatic carbocycles. The molecule has 0 saturated heterocycles. The molecule has 0 spiro atoms. The quantitative estimate of drug-likeness (QED) is 0.584. The van der Waals surface area contributed by atoms with Crippen molar-refractivity contribution < 1.29 is 4.79 Å². The number of nitrogens with one attached hydrogen (secondary N) is 1. The van der Waals surface area contributed by atoms with Gasteiger partial charge in [0.1, 0.15) is 11.5 Å². The molecule has 7 heteroatoms. The maximum Gasteiger partial charge on any atom is 0.272 e. The van der Waals surface area contributed by atoms with Gasteiger partial charge in [0.05, 0.1) is 12.1 Å². The molecular weight excluding hydrogens is 352 g/mol. The second-order valence-electron chi connectivity index (χ2n) is 7.15. The number of nitrogens with zero attached hydrogens (tertiary/aromatic N) is 5. The van der Waals surface area contributed by atoms with Crippen molar-refractivity contribution >= 4 is 11.4 Å². The van der Waals surface area contributed by atoms with Crippen LogP contribution in [0.25, 0.3) is 17.0 Å². The maximum atomic E-state index is 12.6. The summed E-state index contributed by atoms with van der Waals surface area (Å²) < 4.78 is 4.00. The highest BCUT2D eigenvalue weighted by molar-refractivity contribution is 6.00. The minimum atomic E-state index is -0.121. The Morgan fingerprint density at radius 1 is 1.21 bits per heavy atom. The molecule has 7 nitrogen and oxygen atoms in total. The van der Waals surface area contributed by atoms with Crippen LogP contribution in [0.1, 0.15) is 34.7 Å². The SMILES string of the molecule is Cc1nc(-c2nc(C(=O)NC3CC3)c3ccccn23)cn1Cc1cccnc1. The fourth-order valence-corrected chi connectivity index (χ4v) is 3.33. The summed E-state index contributed by atoms with van der Waals surface area (Å²) in [5.74, 6) is 1.43. The molecule has 4 aromatic heterocycles. The number of aromatic nitrogens is 5. The Hall–Kier alpha value is -3.48. The fourth-order valence-electron chi connectivity index (χ4n) is 3.33. The second kappa shape index (κ2) is 6.60. The third kappa shape index (κ3) is 3.05. The first-order chi connectivity index (χ1) is 13.7. The summed E-state index contributed by atoms with van der Waals surface area (Å²) in [6, 6.07) is 10.0. The van der Waals surface area contributed by atoms with Crippen LogP contribution in [0.2, 0.25) is 0 Å². The van der Waals surface area contributed by atoms with Crippen LogP contribution in [-0.4, -0.2) is 35.9 Å². The predicted octanol–water partition coefficient (Wildman–Crippen LogP) is 2.84. The van der Waals surface area contributed by atoms with Gasteiger partial charge in [0.15, 0.2) is 11.5 Å². The lowest BCUT2D eigenvalue weighted by Crippen LogP contribution is -2.25. The van der Waals surface area contributed by atoms with E-state index in [2.05, 4.69) is 19.9 Å². The number of carbonyl (C=O) groups excluding carboxylic acids is 1. The van der Waals surface area contributed by atoms with Gasteiger partial charge < -0.3 is 9.88 Å². The highest BCUT2D eigenvalue weighted by Gasteiger charge is 2.27. The molecule has 4 heterocycles. The van der Waals surface area contributed by atoms with Crippen LogP contribution in [0.15, 0.2) is 55.1 Å². The average molecular weight is 372 g/mol. The van der Waals surface area contributed by atoms with Gasteiger partial charge in [-0.2, -0.15) is 0 Å². The number of pyridine rings is 2. The minimum Gasteiger partial charge on any atom is -0.348 e. The summed E-state index contributed by atoms with van der Waals surface area (Å²) in [7, 11) is 0. The predicted molar refractivity (Wildman–Crippen MR) is 105 cm³/mol. The normalized spacial score (nSPS) is 13.8. The molecule has 0 aliphatic heterocycles. The largest absolute Gasteiger partial charge is 0.348 e. The van der Waals surface area contributed by atoms with E-state index in [0.29, 0.717) is 18.1 Å². The van der Waals surface area contributed by atoms with Gasteiger partial charge in [-0.05, 0) is 43.5 Å². The van der Waals surface area contributed by atoms with Gasteiger partial charge in [0.25, 0.3) is 5.91 Å². The van der Waals surface area contributed by atoms with Crippen LogP contribution in [-0.2, 0) is 6.54 Å². The number of hydrogen-bond acceptors (Lipinski definition) is 4. The van der Waals surface area contributed by atoms with Crippen LogP contribution >= 0.6 is 0 Å². The minimum absolute atomic E-state index is 0.121. The first-order valence-corrected chi connectivity index (χ1v) is 9.40. The Labute approximate surface area is 162 Å². The van der Waals surface area contributed by atoms with Crippen LogP contribution in [0, 0.1) is 6.92 Å². The van der Waals surface area contributed by atoms with Gasteiger partial charge in [-0.3, -0.25) is 14.2 Å². The van der Waals surface area contributed by atoms with Crippen LogP contribution in [0.5, 0.6) is 0 Å². The molecule has 0 unspecified atom stereocenters. The molecule has 1 saturated carbocycles. The molecule has 1 amide bonds. The third-order valence-corrected chi connectivity index (χ3v) is 4.96. The number of fused-ring (bicyclic) bond motifs is 1. The molecule has 0 bridgehead atoms. The summed E-state index contributed by atoms with van der Waals surface area (Å²) in [4.78, 5) is 26.2. The van der Waals surface area contributed by atoms with Gasteiger partial charge >= 0.3 is 0 Å². The van der Waals surface area contributed by atoms with Crippen molar-refractivity contribution in [2.75, 3.05) is 0 Å². The Balaban J connectivity index is 1.54. The molecule has 0 atom stereocenters. The van der Waals surface area contributed by atoms with E-state index in [1.807, 2.05) is 60.2 Å². The Bertz CT molecular complexity index is 1160. The van der Waals surface area contributed by atoms with Crippen molar-refractivity contribution in [2.24, 2.45) is 0 Å². The van der Waals surface area contributed by atoms with Crippen molar-refractivity contribution in [3.05, 3.63) is 72.2 Å². The zero-order valence-electron chi connectivity index (χ0n) is 15.5. The zero-order valence-corrected chi connectivity index (χ0v) is 15.5. The first-order valence-electron chi connectivity index (χ1n) is 9.40. The summed E-state index contributed by atoms with van der Waals surface area (Å²) in [6.07, 6.45) is 9.60. The van der Waals surface area contributed by atoms with Crippen molar-refractivity contribution in [3.8, 4) is 11.5 Å². The first kappa shape index (κ1) is 16.7. The fraction of sp³-hybridized carbons (Fsp3) is 0.238. The summed E-state index contributed by atoms with van der Waals surface area (Å²) in [5.41, 5.74) is 3.08. The lowest BCUT2D eigenvalue weighted by atomic mass is 10.3. The number of rotatable bonds is 5. The van der Waals surface area contributed by atoms with E-state index >= 15 is 0 Å². The van der Waals surface area contributed by atoms with Crippen molar-refractivity contribution in [2.45, 2.75) is 32.4 Å². The topological polar surface area (TPSA) is 77.1 Å². The van der Waals surface area contributed by atoms with Gasteiger partial charge in [-0.15, -0.1) is 0 Å². The highest BCUT2D eigenvalue weighted by atomic mass is 16.2. The monoisotopic (exact) mass is 372 g/mol. The molecule has 1 aliphatic carbocycles. The average Bonchev–Trinajstić information content (AvgIpc) is 3.33. The van der Waals surface area contributed by atoms with Gasteiger partial charge in [-0.1, -0.05) is 12.1 Å². The molecule has 28 heavy (non-hydrogen) atoms. The lowest BCUT2D eigenvalue weighted by molar-refractivity contribution is 0.0948. The highest BCUT2D eigenvalue weighted by Crippen LogP contribution is 2.24. The Morgan fingerprint density at radius 3 is 2.89 bits per heavy atom. The molecular formula is C21H20N6O. The second-order valence-corrected chi connectivity index (χ2v) is 7.15. The van der Waals surface area contributed by atoms with E-state index in [1.54, 1.807) is 6.20 Å². The van der Waals surface area contributed by atoms with Gasteiger partial charge in [-0.25, -0.2) is 9.97 Å². The number of carbonyl (C=O) groups is 1. The van der Waals surface area contributed by atoms with Crippen molar-refractivity contribution in [1.29, 1.82) is 0 Å². The standard InChI is InChI=1S/C21H20N6O/c1-14-23-17(13-26(14)12-15-5-4-9-22-11-15)20-25-19(21(28)24-16-7-8-16)18-6-2-3-10-27(18)20/h2-6,9-11,13,16H,7-8,12H2,1H3,(H,24,28). The van der Waals surface area contributed by atoms with E-state index in [1.165, 1.54) is 0 Å². The summed E-state index contributed by atoms with van der Waals surface area (Å²) >= 11 is 0. The Morgan fingerprint density at radius 2 is 2.11 bits per heavy atom. The third-order valence-electron chi connectivity index (χ3n) is 4.96. The zero-order chi connectivity index (χ0) is 19.1. The van der Waals surface area contributed by atoms with E-state index in [9.17, 15) is 4.79 Å². The van der Waals surface area contributed by atoms with Crippen molar-refractivity contribution in [1.82, 2.24) is 29.2 Å². The van der Waals surface area contributed by atoms with E-state index in [4.69, 9.17) is 4.98 Å². The molecule has 0 radical (unpaired) electrons. The number of amides is 1.